The van der Waals surface area contributed by atoms with E-state index in [2.05, 4.69) is 59.8 Å². The summed E-state index contributed by atoms with van der Waals surface area (Å²) in [5, 5.41) is 9.21. The van der Waals surface area contributed by atoms with Crippen LogP contribution in [0.3, 0.4) is 0 Å². The van der Waals surface area contributed by atoms with Crippen molar-refractivity contribution in [3.05, 3.63) is 81.5 Å². The Kier molecular flexibility index (Phi) is 3.90. The first kappa shape index (κ1) is 16.4. The van der Waals surface area contributed by atoms with Crippen LogP contribution >= 0.6 is 11.3 Å². The maximum absolute atomic E-state index is 6.41. The number of nitrogens with zero attached hydrogens (tertiary/aromatic N) is 2. The van der Waals surface area contributed by atoms with Crippen LogP contribution in [0.4, 0.5) is 0 Å². The highest BCUT2D eigenvalue weighted by Gasteiger charge is 2.41. The molecule has 0 N–H and O–H groups in total. The summed E-state index contributed by atoms with van der Waals surface area (Å²) < 4.78 is 11.8. The molecule has 2 aliphatic heterocycles. The first-order valence-corrected chi connectivity index (χ1v) is 9.92. The van der Waals surface area contributed by atoms with Gasteiger partial charge in [-0.2, -0.15) is 5.10 Å². The van der Waals surface area contributed by atoms with Gasteiger partial charge in [0.25, 0.3) is 0 Å². The van der Waals surface area contributed by atoms with E-state index in [9.17, 15) is 0 Å². The predicted octanol–water partition coefficient (Wildman–Crippen LogP) is 5.31. The molecule has 4 nitrogen and oxygen atoms in total. The van der Waals surface area contributed by atoms with E-state index in [-0.39, 0.29) is 12.3 Å². The van der Waals surface area contributed by atoms with Gasteiger partial charge < -0.3 is 9.47 Å². The first-order chi connectivity index (χ1) is 13.2. The molecule has 0 bridgehead atoms. The molecule has 2 atom stereocenters. The molecule has 0 fully saturated rings. The SMILES string of the molecule is COc1ccc([C@H]2Oc3ccccc3[C@H]3CC(c4cccs4)=NN32)cc1C. The lowest BCUT2D eigenvalue weighted by Crippen LogP contribution is -2.33. The number of thiophene rings is 1. The van der Waals surface area contributed by atoms with Crippen LogP contribution in [0.15, 0.2) is 65.1 Å². The minimum absolute atomic E-state index is 0.194. The number of ether oxygens (including phenoxy) is 2. The first-order valence-electron chi connectivity index (χ1n) is 9.04. The third-order valence-corrected chi connectivity index (χ3v) is 6.13. The van der Waals surface area contributed by atoms with Crippen molar-refractivity contribution in [2.24, 2.45) is 5.10 Å². The molecule has 3 aromatic rings. The molecule has 136 valence electrons. The van der Waals surface area contributed by atoms with Crippen molar-refractivity contribution in [3.8, 4) is 11.5 Å². The van der Waals surface area contributed by atoms with Gasteiger partial charge in [0.15, 0.2) is 0 Å². The second-order valence-electron chi connectivity index (χ2n) is 6.86. The average molecular weight is 376 g/mol. The second kappa shape index (κ2) is 6.43. The molecule has 3 heterocycles. The van der Waals surface area contributed by atoms with Gasteiger partial charge in [0.1, 0.15) is 11.5 Å². The van der Waals surface area contributed by atoms with Gasteiger partial charge in [0.05, 0.1) is 23.7 Å². The molecular formula is C22H20N2O2S. The highest BCUT2D eigenvalue weighted by atomic mass is 32.1. The van der Waals surface area contributed by atoms with E-state index in [0.717, 1.165) is 34.8 Å². The molecule has 5 rings (SSSR count). The monoisotopic (exact) mass is 376 g/mol. The number of fused-ring (bicyclic) bond motifs is 3. The largest absolute Gasteiger partial charge is 0.496 e. The van der Waals surface area contributed by atoms with E-state index in [1.807, 2.05) is 12.1 Å². The van der Waals surface area contributed by atoms with Crippen molar-refractivity contribution in [2.75, 3.05) is 7.11 Å². The maximum atomic E-state index is 6.41. The Labute approximate surface area is 162 Å². The third-order valence-electron chi connectivity index (χ3n) is 5.21. The van der Waals surface area contributed by atoms with Crippen molar-refractivity contribution >= 4 is 17.0 Å². The smallest absolute Gasteiger partial charge is 0.213 e. The fourth-order valence-electron chi connectivity index (χ4n) is 3.90. The van der Waals surface area contributed by atoms with Gasteiger partial charge in [-0.1, -0.05) is 24.3 Å². The predicted molar refractivity (Wildman–Crippen MR) is 108 cm³/mol. The van der Waals surface area contributed by atoms with Crippen LogP contribution in [0, 0.1) is 6.92 Å². The molecule has 1 aromatic heterocycles. The summed E-state index contributed by atoms with van der Waals surface area (Å²) in [5.41, 5.74) is 4.51. The third kappa shape index (κ3) is 2.70. The summed E-state index contributed by atoms with van der Waals surface area (Å²) in [6, 6.07) is 18.9. The lowest BCUT2D eigenvalue weighted by Gasteiger charge is -2.38. The van der Waals surface area contributed by atoms with Crippen molar-refractivity contribution in [1.29, 1.82) is 0 Å². The number of hydrogen-bond acceptors (Lipinski definition) is 5. The maximum Gasteiger partial charge on any atom is 0.213 e. The molecular weight excluding hydrogens is 356 g/mol. The van der Waals surface area contributed by atoms with Crippen molar-refractivity contribution in [2.45, 2.75) is 25.6 Å². The van der Waals surface area contributed by atoms with E-state index in [1.165, 1.54) is 10.4 Å². The number of benzene rings is 2. The molecule has 0 unspecified atom stereocenters. The Hall–Kier alpha value is -2.79. The zero-order valence-corrected chi connectivity index (χ0v) is 16.1. The molecule has 0 saturated heterocycles. The molecule has 5 heteroatoms. The van der Waals surface area contributed by atoms with Crippen molar-refractivity contribution in [3.63, 3.8) is 0 Å². The van der Waals surface area contributed by atoms with Crippen LogP contribution in [0.2, 0.25) is 0 Å². The number of rotatable bonds is 3. The van der Waals surface area contributed by atoms with Crippen LogP contribution in [-0.4, -0.2) is 17.8 Å². The van der Waals surface area contributed by atoms with Crippen LogP contribution < -0.4 is 9.47 Å². The fourth-order valence-corrected chi connectivity index (χ4v) is 4.62. The van der Waals surface area contributed by atoms with Gasteiger partial charge in [0.2, 0.25) is 6.23 Å². The zero-order chi connectivity index (χ0) is 18.4. The molecule has 2 aromatic carbocycles. The van der Waals surface area contributed by atoms with Gasteiger partial charge in [-0.3, -0.25) is 0 Å². The van der Waals surface area contributed by atoms with Crippen LogP contribution in [0.1, 0.15) is 40.3 Å². The lowest BCUT2D eigenvalue weighted by molar-refractivity contribution is -0.0190. The molecule has 0 saturated carbocycles. The van der Waals surface area contributed by atoms with E-state index in [4.69, 9.17) is 14.6 Å². The topological polar surface area (TPSA) is 34.1 Å². The fraction of sp³-hybridized carbons (Fsp3) is 0.227. The van der Waals surface area contributed by atoms with E-state index in [1.54, 1.807) is 18.4 Å². The van der Waals surface area contributed by atoms with Gasteiger partial charge in [-0.25, -0.2) is 5.01 Å². The van der Waals surface area contributed by atoms with Crippen LogP contribution in [-0.2, 0) is 0 Å². The standard InChI is InChI=1S/C22H20N2O2S/c1-14-12-15(9-10-19(14)25-2)22-24-18(16-6-3-4-7-20(16)26-22)13-17(23-24)21-8-5-11-27-21/h3-12,18,22H,13H2,1-2H3/t18-,22-/m1/s1. The summed E-state index contributed by atoms with van der Waals surface area (Å²) in [7, 11) is 1.70. The second-order valence-corrected chi connectivity index (χ2v) is 7.81. The van der Waals surface area contributed by atoms with Crippen molar-refractivity contribution < 1.29 is 9.47 Å². The van der Waals surface area contributed by atoms with Crippen LogP contribution in [0.5, 0.6) is 11.5 Å². The summed E-state index contributed by atoms with van der Waals surface area (Å²) in [4.78, 5) is 1.23. The average Bonchev–Trinajstić information content (AvgIpc) is 3.37. The number of hydrazone groups is 1. The molecule has 0 aliphatic carbocycles. The van der Waals surface area contributed by atoms with Gasteiger partial charge >= 0.3 is 0 Å². The van der Waals surface area contributed by atoms with E-state index >= 15 is 0 Å². The van der Waals surface area contributed by atoms with E-state index in [0.29, 0.717) is 0 Å². The Bertz CT molecular complexity index is 1010. The highest BCUT2D eigenvalue weighted by molar-refractivity contribution is 7.12. The number of methoxy groups -OCH3 is 1. The number of para-hydroxylation sites is 1. The molecule has 27 heavy (non-hydrogen) atoms. The van der Waals surface area contributed by atoms with Crippen LogP contribution in [0.25, 0.3) is 0 Å². The van der Waals surface area contributed by atoms with E-state index < -0.39 is 0 Å². The quantitative estimate of drug-likeness (QED) is 0.621. The minimum Gasteiger partial charge on any atom is -0.496 e. The lowest BCUT2D eigenvalue weighted by atomic mass is 9.97. The van der Waals surface area contributed by atoms with Gasteiger partial charge in [0, 0.05) is 17.5 Å². The Morgan fingerprint density at radius 1 is 1.15 bits per heavy atom. The normalized spacial score (nSPS) is 20.5. The molecule has 0 spiro atoms. The van der Waals surface area contributed by atoms with Gasteiger partial charge in [-0.15, -0.1) is 11.3 Å². The minimum atomic E-state index is -0.244. The Morgan fingerprint density at radius 2 is 2.04 bits per heavy atom. The summed E-state index contributed by atoms with van der Waals surface area (Å²) in [5.74, 6) is 1.83. The summed E-state index contributed by atoms with van der Waals surface area (Å²) in [6.07, 6.45) is 0.652. The zero-order valence-electron chi connectivity index (χ0n) is 15.3. The summed E-state index contributed by atoms with van der Waals surface area (Å²) >= 11 is 1.74. The van der Waals surface area contributed by atoms with Crippen molar-refractivity contribution in [1.82, 2.24) is 5.01 Å². The Balaban J connectivity index is 1.59. The van der Waals surface area contributed by atoms with Gasteiger partial charge in [-0.05, 0) is 48.2 Å². The number of aryl methyl sites for hydroxylation is 1. The molecule has 0 radical (unpaired) electrons. The molecule has 0 amide bonds. The summed E-state index contributed by atoms with van der Waals surface area (Å²) in [6.45, 7) is 2.06. The number of hydrogen-bond donors (Lipinski definition) is 0. The Morgan fingerprint density at radius 3 is 2.81 bits per heavy atom. The highest BCUT2D eigenvalue weighted by Crippen LogP contribution is 2.47. The molecule has 2 aliphatic rings.